The number of nitrogens with one attached hydrogen (secondary N) is 1. The van der Waals surface area contributed by atoms with Crippen LogP contribution in [-0.4, -0.2) is 23.6 Å². The maximum absolute atomic E-state index is 14.0. The van der Waals surface area contributed by atoms with Crippen LogP contribution in [0.3, 0.4) is 0 Å². The molecule has 0 spiro atoms. The molecule has 0 aromatic heterocycles. The highest BCUT2D eigenvalue weighted by molar-refractivity contribution is 5.89. The Balaban J connectivity index is 1.98. The van der Waals surface area contributed by atoms with E-state index in [0.717, 1.165) is 48.1 Å². The lowest BCUT2D eigenvalue weighted by Gasteiger charge is -2.30. The molecule has 3 nitrogen and oxygen atoms in total. The second-order valence-corrected chi connectivity index (χ2v) is 7.45. The summed E-state index contributed by atoms with van der Waals surface area (Å²) in [6.45, 7) is 2.21. The largest absolute Gasteiger partial charge is 0.409 e. The monoisotopic (exact) mass is 392 g/mol. The van der Waals surface area contributed by atoms with Crippen LogP contribution in [0.4, 0.5) is 13.2 Å². The Bertz CT molecular complexity index is 814. The van der Waals surface area contributed by atoms with E-state index in [-0.39, 0.29) is 24.4 Å². The molecule has 0 saturated carbocycles. The molecule has 1 saturated heterocycles. The summed E-state index contributed by atoms with van der Waals surface area (Å²) >= 11 is 0. The first-order chi connectivity index (χ1) is 13.4. The van der Waals surface area contributed by atoms with Crippen molar-refractivity contribution in [3.63, 3.8) is 0 Å². The van der Waals surface area contributed by atoms with Crippen LogP contribution in [0.25, 0.3) is 10.8 Å². The Morgan fingerprint density at radius 3 is 2.43 bits per heavy atom. The molecule has 3 rings (SSSR count). The minimum Gasteiger partial charge on any atom is -0.288 e. The molecule has 1 atom stereocenters. The zero-order valence-electron chi connectivity index (χ0n) is 16.2. The molecule has 152 valence electrons. The van der Waals surface area contributed by atoms with Crippen molar-refractivity contribution < 1.29 is 18.0 Å². The molecule has 6 heteroatoms. The first kappa shape index (κ1) is 20.6. The maximum atomic E-state index is 14.0. The summed E-state index contributed by atoms with van der Waals surface area (Å²) in [5.41, 5.74) is 3.55. The molecular formula is C22H27F3N2O. The van der Waals surface area contributed by atoms with Crippen LogP contribution >= 0.6 is 0 Å². The molecule has 0 bridgehead atoms. The number of hydrogen-bond acceptors (Lipinski definition) is 2. The summed E-state index contributed by atoms with van der Waals surface area (Å²) in [5.74, 6) is -0.370. The van der Waals surface area contributed by atoms with Gasteiger partial charge in [-0.2, -0.15) is 13.2 Å². The fraction of sp³-hybridized carbons (Fsp3) is 0.500. The molecule has 1 unspecified atom stereocenters. The summed E-state index contributed by atoms with van der Waals surface area (Å²) in [6, 6.07) is 8.93. The average Bonchev–Trinajstić information content (AvgIpc) is 3.06. The van der Waals surface area contributed by atoms with E-state index in [1.807, 2.05) is 24.3 Å². The van der Waals surface area contributed by atoms with E-state index >= 15 is 0 Å². The number of nitrogens with zero attached hydrogens (tertiary/aromatic N) is 1. The maximum Gasteiger partial charge on any atom is 0.409 e. The number of rotatable bonds is 8. The van der Waals surface area contributed by atoms with Crippen LogP contribution in [0.5, 0.6) is 0 Å². The van der Waals surface area contributed by atoms with Gasteiger partial charge in [-0.05, 0) is 34.7 Å². The second-order valence-electron chi connectivity index (χ2n) is 7.45. The first-order valence-corrected chi connectivity index (χ1v) is 10.0. The lowest BCUT2D eigenvalue weighted by molar-refractivity contribution is -0.190. The molecule has 1 aliphatic rings. The normalized spacial score (nSPS) is 16.5. The second kappa shape index (κ2) is 8.95. The highest BCUT2D eigenvalue weighted by Gasteiger charge is 2.47. The van der Waals surface area contributed by atoms with Crippen molar-refractivity contribution in [3.05, 3.63) is 47.5 Å². The number of carbonyl (C=O) groups excluding carboxylic acids is 1. The van der Waals surface area contributed by atoms with Crippen LogP contribution in [0.1, 0.15) is 62.6 Å². The number of halogens is 3. The highest BCUT2D eigenvalue weighted by Crippen LogP contribution is 2.41. The smallest absolute Gasteiger partial charge is 0.288 e. The number of unbranched alkanes of at least 4 members (excludes halogenated alkanes) is 4. The van der Waals surface area contributed by atoms with Gasteiger partial charge in [-0.25, -0.2) is 5.01 Å². The molecule has 28 heavy (non-hydrogen) atoms. The van der Waals surface area contributed by atoms with Gasteiger partial charge in [0.25, 0.3) is 0 Å². The van der Waals surface area contributed by atoms with Crippen molar-refractivity contribution in [3.8, 4) is 0 Å². The Morgan fingerprint density at radius 2 is 1.79 bits per heavy atom. The number of hydrazine groups is 1. The zero-order valence-corrected chi connectivity index (χ0v) is 16.2. The Morgan fingerprint density at radius 1 is 1.07 bits per heavy atom. The van der Waals surface area contributed by atoms with Crippen molar-refractivity contribution in [1.82, 2.24) is 10.4 Å². The number of amides is 1. The molecule has 2 aromatic carbocycles. The van der Waals surface area contributed by atoms with Crippen molar-refractivity contribution in [2.45, 2.75) is 64.1 Å². The van der Waals surface area contributed by atoms with Gasteiger partial charge in [0.2, 0.25) is 5.91 Å². The van der Waals surface area contributed by atoms with Crippen LogP contribution in [0, 0.1) is 0 Å². The van der Waals surface area contributed by atoms with Crippen LogP contribution in [0.2, 0.25) is 0 Å². The molecule has 0 radical (unpaired) electrons. The lowest BCUT2D eigenvalue weighted by Crippen LogP contribution is -2.43. The molecule has 1 heterocycles. The van der Waals surface area contributed by atoms with E-state index < -0.39 is 12.2 Å². The number of alkyl halides is 3. The van der Waals surface area contributed by atoms with Crippen LogP contribution in [-0.2, 0) is 11.2 Å². The Labute approximate surface area is 163 Å². The molecular weight excluding hydrogens is 365 g/mol. The third-order valence-corrected chi connectivity index (χ3v) is 5.34. The fourth-order valence-electron chi connectivity index (χ4n) is 4.01. The van der Waals surface area contributed by atoms with Crippen molar-refractivity contribution in [2.24, 2.45) is 0 Å². The van der Waals surface area contributed by atoms with Crippen molar-refractivity contribution in [2.75, 3.05) is 6.54 Å². The van der Waals surface area contributed by atoms with E-state index in [0.29, 0.717) is 5.39 Å². The van der Waals surface area contributed by atoms with E-state index in [4.69, 9.17) is 0 Å². The lowest BCUT2D eigenvalue weighted by atomic mass is 9.92. The van der Waals surface area contributed by atoms with Gasteiger partial charge in [-0.15, -0.1) is 0 Å². The SMILES string of the molecule is CCCCCCCc1cccc2cccc(C(N3CCC(=O)N3)C(F)(F)F)c12. The molecule has 1 N–H and O–H groups in total. The van der Waals surface area contributed by atoms with E-state index in [9.17, 15) is 18.0 Å². The average molecular weight is 392 g/mol. The summed E-state index contributed by atoms with van der Waals surface area (Å²) in [4.78, 5) is 11.6. The fourth-order valence-corrected chi connectivity index (χ4v) is 4.01. The minimum atomic E-state index is -4.49. The molecule has 0 aliphatic carbocycles. The van der Waals surface area contributed by atoms with Gasteiger partial charge >= 0.3 is 6.18 Å². The van der Waals surface area contributed by atoms with Gasteiger partial charge < -0.3 is 0 Å². The number of fused-ring (bicyclic) bond motifs is 1. The Kier molecular flexibility index (Phi) is 6.60. The van der Waals surface area contributed by atoms with E-state index in [2.05, 4.69) is 12.3 Å². The summed E-state index contributed by atoms with van der Waals surface area (Å²) in [6.07, 6.45) is 1.90. The van der Waals surface area contributed by atoms with Crippen molar-refractivity contribution in [1.29, 1.82) is 0 Å². The minimum absolute atomic E-state index is 0.0541. The third-order valence-electron chi connectivity index (χ3n) is 5.34. The topological polar surface area (TPSA) is 32.3 Å². The number of aryl methyl sites for hydroxylation is 1. The Hall–Kier alpha value is -2.08. The van der Waals surface area contributed by atoms with E-state index in [1.54, 1.807) is 12.1 Å². The molecule has 1 aliphatic heterocycles. The zero-order chi connectivity index (χ0) is 20.1. The summed E-state index contributed by atoms with van der Waals surface area (Å²) in [7, 11) is 0. The number of benzene rings is 2. The standard InChI is InChI=1S/C22H27F3N2O/c1-2-3-4-5-6-9-16-10-7-11-17-12-8-13-18(20(16)17)21(22(23,24)25)27-15-14-19(28)26-27/h7-8,10-13,21H,2-6,9,14-15H2,1H3,(H,26,28). The van der Waals surface area contributed by atoms with Gasteiger partial charge in [0, 0.05) is 13.0 Å². The molecule has 1 fully saturated rings. The van der Waals surface area contributed by atoms with Crippen LogP contribution < -0.4 is 5.43 Å². The highest BCUT2D eigenvalue weighted by atomic mass is 19.4. The van der Waals surface area contributed by atoms with Gasteiger partial charge in [-0.3, -0.25) is 10.2 Å². The van der Waals surface area contributed by atoms with Gasteiger partial charge in [-0.1, -0.05) is 69.0 Å². The third kappa shape index (κ3) is 4.66. The quantitative estimate of drug-likeness (QED) is 0.585. The van der Waals surface area contributed by atoms with Gasteiger partial charge in [0.05, 0.1) is 0 Å². The van der Waals surface area contributed by atoms with Gasteiger partial charge in [0.15, 0.2) is 6.04 Å². The summed E-state index contributed by atoms with van der Waals surface area (Å²) < 4.78 is 42.1. The molecule has 1 amide bonds. The van der Waals surface area contributed by atoms with E-state index in [1.165, 1.54) is 6.42 Å². The van der Waals surface area contributed by atoms with Gasteiger partial charge in [0.1, 0.15) is 0 Å². The van der Waals surface area contributed by atoms with Crippen molar-refractivity contribution >= 4 is 16.7 Å². The summed E-state index contributed by atoms with van der Waals surface area (Å²) in [5, 5.41) is 2.52. The number of hydrogen-bond donors (Lipinski definition) is 1. The van der Waals surface area contributed by atoms with Crippen LogP contribution in [0.15, 0.2) is 36.4 Å². The molecule has 2 aromatic rings. The number of carbonyl (C=O) groups is 1. The predicted octanol–water partition coefficient (Wildman–Crippen LogP) is 5.69. The predicted molar refractivity (Wildman–Crippen MR) is 105 cm³/mol. The first-order valence-electron chi connectivity index (χ1n) is 10.0.